The van der Waals surface area contributed by atoms with E-state index >= 15 is 0 Å². The van der Waals surface area contributed by atoms with Crippen molar-refractivity contribution in [2.75, 3.05) is 7.11 Å². The Bertz CT molecular complexity index is 1280. The maximum Gasteiger partial charge on any atom is 0.138 e. The molecule has 0 aliphatic heterocycles. The number of imidazole rings is 1. The van der Waals surface area contributed by atoms with Crippen LogP contribution in [0.1, 0.15) is 0 Å². The van der Waals surface area contributed by atoms with Crippen LogP contribution in [0.25, 0.3) is 44.8 Å². The molecule has 29 heavy (non-hydrogen) atoms. The summed E-state index contributed by atoms with van der Waals surface area (Å²) in [6, 6.07) is 23.1. The summed E-state index contributed by atoms with van der Waals surface area (Å²) in [7, 11) is 1.66. The second kappa shape index (κ2) is 6.87. The van der Waals surface area contributed by atoms with Crippen molar-refractivity contribution in [3.8, 4) is 45.4 Å². The lowest BCUT2D eigenvalue weighted by atomic mass is 10.0. The number of ether oxygens (including phenoxy) is 1. The number of aromatic nitrogens is 3. The number of aromatic hydroxyl groups is 1. The fourth-order valence-corrected chi connectivity index (χ4v) is 3.56. The highest BCUT2D eigenvalue weighted by atomic mass is 16.5. The average Bonchev–Trinajstić information content (AvgIpc) is 3.39. The van der Waals surface area contributed by atoms with Crippen LogP contribution in [0.5, 0.6) is 11.5 Å². The molecular weight excluding hydrogens is 362 g/mol. The molecule has 3 aromatic carbocycles. The van der Waals surface area contributed by atoms with Gasteiger partial charge in [0.1, 0.15) is 17.3 Å². The van der Waals surface area contributed by atoms with Crippen LogP contribution in [0.3, 0.4) is 0 Å². The summed E-state index contributed by atoms with van der Waals surface area (Å²) in [4.78, 5) is 11.7. The third kappa shape index (κ3) is 3.02. The van der Waals surface area contributed by atoms with Gasteiger partial charge in [-0.2, -0.15) is 0 Å². The number of aromatic amines is 2. The molecule has 0 spiro atoms. The minimum absolute atomic E-state index is 0.229. The van der Waals surface area contributed by atoms with E-state index in [-0.39, 0.29) is 5.75 Å². The fourth-order valence-electron chi connectivity index (χ4n) is 3.56. The van der Waals surface area contributed by atoms with Crippen LogP contribution in [0.15, 0.2) is 79.0 Å². The minimum Gasteiger partial charge on any atom is -0.508 e. The maximum absolute atomic E-state index is 9.61. The van der Waals surface area contributed by atoms with Gasteiger partial charge in [-0.15, -0.1) is 0 Å². The van der Waals surface area contributed by atoms with Crippen LogP contribution in [-0.2, 0) is 0 Å². The van der Waals surface area contributed by atoms with Crippen LogP contribution < -0.4 is 4.74 Å². The topological polar surface area (TPSA) is 73.9 Å². The first-order chi connectivity index (χ1) is 14.2. The number of benzene rings is 3. The number of methoxy groups -OCH3 is 1. The van der Waals surface area contributed by atoms with Gasteiger partial charge in [0, 0.05) is 33.8 Å². The molecule has 0 bridgehead atoms. The highest BCUT2D eigenvalue weighted by molar-refractivity contribution is 5.98. The summed E-state index contributed by atoms with van der Waals surface area (Å²) in [5.74, 6) is 1.78. The number of rotatable bonds is 4. The first-order valence-corrected chi connectivity index (χ1v) is 9.33. The zero-order chi connectivity index (χ0) is 19.8. The Morgan fingerprint density at radius 3 is 2.34 bits per heavy atom. The molecular formula is C24H19N3O2. The van der Waals surface area contributed by atoms with Crippen molar-refractivity contribution in [1.82, 2.24) is 15.0 Å². The van der Waals surface area contributed by atoms with Gasteiger partial charge in [0.25, 0.3) is 0 Å². The third-order valence-electron chi connectivity index (χ3n) is 5.07. The third-order valence-corrected chi connectivity index (χ3v) is 5.07. The lowest BCUT2D eigenvalue weighted by molar-refractivity contribution is 0.415. The van der Waals surface area contributed by atoms with Crippen molar-refractivity contribution in [3.63, 3.8) is 0 Å². The van der Waals surface area contributed by atoms with E-state index in [9.17, 15) is 5.11 Å². The number of hydrogen-bond donors (Lipinski definition) is 3. The zero-order valence-electron chi connectivity index (χ0n) is 15.8. The summed E-state index contributed by atoms with van der Waals surface area (Å²) < 4.78 is 5.29. The molecule has 2 heterocycles. The first kappa shape index (κ1) is 17.1. The molecule has 5 aromatic rings. The second-order valence-corrected chi connectivity index (χ2v) is 6.83. The van der Waals surface area contributed by atoms with Crippen LogP contribution in [0.2, 0.25) is 0 Å². The summed E-state index contributed by atoms with van der Waals surface area (Å²) in [6.07, 6.45) is 2.01. The van der Waals surface area contributed by atoms with Crippen LogP contribution in [-0.4, -0.2) is 27.2 Å². The predicted molar refractivity (Wildman–Crippen MR) is 115 cm³/mol. The van der Waals surface area contributed by atoms with Gasteiger partial charge in [0.15, 0.2) is 0 Å². The Morgan fingerprint density at radius 2 is 1.59 bits per heavy atom. The lowest BCUT2D eigenvalue weighted by Gasteiger charge is -2.04. The standard InChI is InChI=1S/C24H19N3O2/c1-29-18-12-8-15(9-13-18)22-23(20-14-25-21-5-3-2-4-19(20)21)27-24(26-22)16-6-10-17(28)11-7-16/h2-14,25,28H,1H3,(H,26,27). The summed E-state index contributed by atoms with van der Waals surface area (Å²) in [6.45, 7) is 0. The average molecular weight is 381 g/mol. The number of fused-ring (bicyclic) bond motifs is 1. The van der Waals surface area contributed by atoms with E-state index in [4.69, 9.17) is 9.72 Å². The summed E-state index contributed by atoms with van der Waals surface area (Å²) in [5, 5.41) is 10.7. The van der Waals surface area contributed by atoms with E-state index in [0.29, 0.717) is 0 Å². The fraction of sp³-hybridized carbons (Fsp3) is 0.0417. The van der Waals surface area contributed by atoms with Gasteiger partial charge in [-0.25, -0.2) is 4.98 Å². The molecule has 0 radical (unpaired) electrons. The highest BCUT2D eigenvalue weighted by Crippen LogP contribution is 2.37. The maximum atomic E-state index is 9.61. The molecule has 0 fully saturated rings. The Hall–Kier alpha value is -3.99. The van der Waals surface area contributed by atoms with Gasteiger partial charge >= 0.3 is 0 Å². The minimum atomic E-state index is 0.229. The first-order valence-electron chi connectivity index (χ1n) is 9.33. The number of phenols is 1. The Balaban J connectivity index is 1.72. The van der Waals surface area contributed by atoms with Gasteiger partial charge in [0.05, 0.1) is 18.5 Å². The van der Waals surface area contributed by atoms with Crippen molar-refractivity contribution in [2.45, 2.75) is 0 Å². The number of phenolic OH excluding ortho intramolecular Hbond substituents is 1. The summed E-state index contributed by atoms with van der Waals surface area (Å²) in [5.41, 5.74) is 5.83. The normalized spacial score (nSPS) is 11.1. The molecule has 142 valence electrons. The zero-order valence-corrected chi connectivity index (χ0v) is 15.8. The van der Waals surface area contributed by atoms with Crippen molar-refractivity contribution < 1.29 is 9.84 Å². The van der Waals surface area contributed by atoms with E-state index in [0.717, 1.165) is 50.6 Å². The quantitative estimate of drug-likeness (QED) is 0.379. The SMILES string of the molecule is COc1ccc(-c2nc(-c3ccc(O)cc3)[nH]c2-c2c[nH]c3ccccc23)cc1. The lowest BCUT2D eigenvalue weighted by Crippen LogP contribution is -1.85. The second-order valence-electron chi connectivity index (χ2n) is 6.83. The van der Waals surface area contributed by atoms with Crippen LogP contribution in [0, 0.1) is 0 Å². The van der Waals surface area contributed by atoms with E-state index in [1.807, 2.05) is 54.7 Å². The van der Waals surface area contributed by atoms with Gasteiger partial charge in [-0.1, -0.05) is 18.2 Å². The molecule has 5 nitrogen and oxygen atoms in total. The molecule has 0 atom stereocenters. The molecule has 5 rings (SSSR count). The Labute approximate surface area is 167 Å². The van der Waals surface area contributed by atoms with Crippen LogP contribution in [0.4, 0.5) is 0 Å². The van der Waals surface area contributed by atoms with Crippen molar-refractivity contribution in [1.29, 1.82) is 0 Å². The molecule has 0 saturated carbocycles. The van der Waals surface area contributed by atoms with Crippen molar-refractivity contribution in [3.05, 3.63) is 79.0 Å². The van der Waals surface area contributed by atoms with E-state index in [1.54, 1.807) is 19.2 Å². The number of nitrogens with zero attached hydrogens (tertiary/aromatic N) is 1. The highest BCUT2D eigenvalue weighted by Gasteiger charge is 2.18. The van der Waals surface area contributed by atoms with Gasteiger partial charge < -0.3 is 19.8 Å². The van der Waals surface area contributed by atoms with Gasteiger partial charge in [-0.3, -0.25) is 0 Å². The molecule has 0 aliphatic rings. The van der Waals surface area contributed by atoms with E-state index in [1.165, 1.54) is 0 Å². The Morgan fingerprint density at radius 1 is 0.862 bits per heavy atom. The van der Waals surface area contributed by atoms with Gasteiger partial charge in [-0.05, 0) is 54.6 Å². The molecule has 5 heteroatoms. The molecule has 3 N–H and O–H groups in total. The van der Waals surface area contributed by atoms with E-state index < -0.39 is 0 Å². The predicted octanol–water partition coefficient (Wildman–Crippen LogP) is 5.61. The number of para-hydroxylation sites is 1. The van der Waals surface area contributed by atoms with Gasteiger partial charge in [0.2, 0.25) is 0 Å². The monoisotopic (exact) mass is 381 g/mol. The van der Waals surface area contributed by atoms with E-state index in [2.05, 4.69) is 22.1 Å². The van der Waals surface area contributed by atoms with Crippen molar-refractivity contribution in [2.24, 2.45) is 0 Å². The van der Waals surface area contributed by atoms with Crippen LogP contribution >= 0.6 is 0 Å². The molecule has 0 amide bonds. The molecule has 2 aromatic heterocycles. The summed E-state index contributed by atoms with van der Waals surface area (Å²) >= 11 is 0. The largest absolute Gasteiger partial charge is 0.508 e. The molecule has 0 aliphatic carbocycles. The smallest absolute Gasteiger partial charge is 0.138 e. The molecule has 0 saturated heterocycles. The molecule has 0 unspecified atom stereocenters. The Kier molecular flexibility index (Phi) is 4.06. The number of nitrogens with one attached hydrogen (secondary N) is 2. The number of H-pyrrole nitrogens is 2. The number of hydrogen-bond acceptors (Lipinski definition) is 3. The van der Waals surface area contributed by atoms with Crippen molar-refractivity contribution >= 4 is 10.9 Å².